The number of hydrogen-bond acceptors (Lipinski definition) is 3. The highest BCUT2D eigenvalue weighted by Crippen LogP contribution is 2.23. The van der Waals surface area contributed by atoms with Crippen LogP contribution in [0.3, 0.4) is 0 Å². The Balaban J connectivity index is 1.73. The van der Waals surface area contributed by atoms with Gasteiger partial charge in [0.15, 0.2) is 6.61 Å². The van der Waals surface area contributed by atoms with E-state index in [9.17, 15) is 9.59 Å². The van der Waals surface area contributed by atoms with E-state index in [1.807, 2.05) is 24.3 Å². The fourth-order valence-corrected chi connectivity index (χ4v) is 2.97. The van der Waals surface area contributed by atoms with Crippen LogP contribution in [0.4, 0.5) is 0 Å². The van der Waals surface area contributed by atoms with Crippen molar-refractivity contribution in [1.82, 2.24) is 5.32 Å². The van der Waals surface area contributed by atoms with Gasteiger partial charge in [0.2, 0.25) is 0 Å². The summed E-state index contributed by atoms with van der Waals surface area (Å²) in [5.41, 5.74) is 0.894. The molecule has 1 aromatic carbocycles. The topological polar surface area (TPSA) is 55.4 Å². The van der Waals surface area contributed by atoms with Crippen molar-refractivity contribution in [3.05, 3.63) is 40.4 Å². The highest BCUT2D eigenvalue weighted by Gasteiger charge is 2.22. The second kappa shape index (κ2) is 8.87. The van der Waals surface area contributed by atoms with E-state index in [4.69, 9.17) is 4.74 Å². The first-order valence-electron chi connectivity index (χ1n) is 7.94. The van der Waals surface area contributed by atoms with Crippen LogP contribution < -0.4 is 5.32 Å². The van der Waals surface area contributed by atoms with Crippen molar-refractivity contribution in [2.45, 2.75) is 38.6 Å². The molecule has 2 atom stereocenters. The van der Waals surface area contributed by atoms with E-state index < -0.39 is 5.97 Å². The molecule has 0 aromatic heterocycles. The Kier molecular flexibility index (Phi) is 6.84. The number of benzene rings is 1. The van der Waals surface area contributed by atoms with Gasteiger partial charge < -0.3 is 10.1 Å². The summed E-state index contributed by atoms with van der Waals surface area (Å²) in [6, 6.07) is 7.75. The van der Waals surface area contributed by atoms with E-state index in [0.717, 1.165) is 29.3 Å². The fraction of sp³-hybridized carbons (Fsp3) is 0.444. The fourth-order valence-electron chi connectivity index (χ4n) is 2.70. The summed E-state index contributed by atoms with van der Waals surface area (Å²) in [5.74, 6) is -0.255. The van der Waals surface area contributed by atoms with Gasteiger partial charge in [-0.2, -0.15) is 0 Å². The average molecular weight is 380 g/mol. The molecule has 0 saturated heterocycles. The normalized spacial score (nSPS) is 21.1. The van der Waals surface area contributed by atoms with Crippen LogP contribution in [0.25, 0.3) is 6.08 Å². The van der Waals surface area contributed by atoms with E-state index in [2.05, 4.69) is 28.2 Å². The van der Waals surface area contributed by atoms with Crippen LogP contribution >= 0.6 is 15.9 Å². The molecule has 0 unspecified atom stereocenters. The number of esters is 1. The molecule has 4 nitrogen and oxygen atoms in total. The second-order valence-electron chi connectivity index (χ2n) is 5.93. The number of nitrogens with one attached hydrogen (secondary N) is 1. The predicted octanol–water partition coefficient (Wildman–Crippen LogP) is 3.70. The van der Waals surface area contributed by atoms with E-state index in [1.54, 1.807) is 6.08 Å². The van der Waals surface area contributed by atoms with Gasteiger partial charge in [-0.05, 0) is 42.5 Å². The highest BCUT2D eigenvalue weighted by molar-refractivity contribution is 9.10. The molecule has 1 aliphatic carbocycles. The third-order valence-corrected chi connectivity index (χ3v) is 4.61. The molecule has 0 heterocycles. The number of hydrogen-bond donors (Lipinski definition) is 1. The Morgan fingerprint density at radius 1 is 1.26 bits per heavy atom. The first-order chi connectivity index (χ1) is 11.0. The lowest BCUT2D eigenvalue weighted by atomic mass is 9.86. The van der Waals surface area contributed by atoms with Crippen LogP contribution in [0.2, 0.25) is 0 Å². The number of halogens is 1. The average Bonchev–Trinajstić information content (AvgIpc) is 2.54. The SMILES string of the molecule is C[C@@H]1CCCC[C@H]1NC(=O)COC(=O)/C=C/c1ccc(Br)cc1. The van der Waals surface area contributed by atoms with Crippen LogP contribution in [-0.4, -0.2) is 24.5 Å². The number of amides is 1. The quantitative estimate of drug-likeness (QED) is 0.626. The third-order valence-electron chi connectivity index (χ3n) is 4.09. The first kappa shape index (κ1) is 17.7. The number of carbonyl (C=O) groups is 2. The lowest BCUT2D eigenvalue weighted by Crippen LogP contribution is -2.42. The Labute approximate surface area is 145 Å². The molecule has 0 bridgehead atoms. The third kappa shape index (κ3) is 6.18. The van der Waals surface area contributed by atoms with Gasteiger partial charge in [0.1, 0.15) is 0 Å². The summed E-state index contributed by atoms with van der Waals surface area (Å²) < 4.78 is 5.96. The monoisotopic (exact) mass is 379 g/mol. The molecule has 1 fully saturated rings. The minimum absolute atomic E-state index is 0.202. The zero-order valence-electron chi connectivity index (χ0n) is 13.3. The number of rotatable bonds is 5. The van der Waals surface area contributed by atoms with Gasteiger partial charge in [0.05, 0.1) is 0 Å². The Bertz CT molecular complexity index is 568. The standard InChI is InChI=1S/C18H22BrNO3/c1-13-4-2-3-5-16(13)20-17(21)12-23-18(22)11-8-14-6-9-15(19)10-7-14/h6-11,13,16H,2-5,12H2,1H3,(H,20,21)/b11-8+/t13-,16-/m1/s1. The molecule has 0 radical (unpaired) electrons. The van der Waals surface area contributed by atoms with Crippen molar-refractivity contribution < 1.29 is 14.3 Å². The van der Waals surface area contributed by atoms with Crippen molar-refractivity contribution in [2.24, 2.45) is 5.92 Å². The van der Waals surface area contributed by atoms with Crippen molar-refractivity contribution in [3.8, 4) is 0 Å². The van der Waals surface area contributed by atoms with E-state index in [-0.39, 0.29) is 18.6 Å². The largest absolute Gasteiger partial charge is 0.452 e. The molecule has 0 spiro atoms. The van der Waals surface area contributed by atoms with Crippen LogP contribution in [0.15, 0.2) is 34.8 Å². The van der Waals surface area contributed by atoms with E-state index in [1.165, 1.54) is 12.5 Å². The van der Waals surface area contributed by atoms with Gasteiger partial charge >= 0.3 is 5.97 Å². The van der Waals surface area contributed by atoms with Crippen molar-refractivity contribution >= 4 is 33.9 Å². The van der Waals surface area contributed by atoms with Crippen LogP contribution in [0, 0.1) is 5.92 Å². The minimum Gasteiger partial charge on any atom is -0.452 e. The van der Waals surface area contributed by atoms with Crippen LogP contribution in [0.5, 0.6) is 0 Å². The van der Waals surface area contributed by atoms with Crippen LogP contribution in [0.1, 0.15) is 38.2 Å². The highest BCUT2D eigenvalue weighted by atomic mass is 79.9. The van der Waals surface area contributed by atoms with Gasteiger partial charge in [0, 0.05) is 16.6 Å². The molecule has 1 aliphatic rings. The lowest BCUT2D eigenvalue weighted by Gasteiger charge is -2.29. The minimum atomic E-state index is -0.514. The van der Waals surface area contributed by atoms with E-state index in [0.29, 0.717) is 5.92 Å². The maximum atomic E-state index is 11.9. The number of carbonyl (C=O) groups excluding carboxylic acids is 2. The molecular formula is C18H22BrNO3. The van der Waals surface area contributed by atoms with Gasteiger partial charge in [-0.15, -0.1) is 0 Å². The summed E-state index contributed by atoms with van der Waals surface area (Å²) in [4.78, 5) is 23.5. The molecule has 1 amide bonds. The van der Waals surface area contributed by atoms with Crippen molar-refractivity contribution in [3.63, 3.8) is 0 Å². The molecule has 1 aromatic rings. The first-order valence-corrected chi connectivity index (χ1v) is 8.73. The summed E-state index contributed by atoms with van der Waals surface area (Å²) in [7, 11) is 0. The van der Waals surface area contributed by atoms with Crippen LogP contribution in [-0.2, 0) is 14.3 Å². The molecule has 1 saturated carbocycles. The predicted molar refractivity (Wildman–Crippen MR) is 93.7 cm³/mol. The smallest absolute Gasteiger partial charge is 0.331 e. The molecule has 124 valence electrons. The van der Waals surface area contributed by atoms with Crippen molar-refractivity contribution in [2.75, 3.05) is 6.61 Å². The summed E-state index contributed by atoms with van der Waals surface area (Å²) in [6.07, 6.45) is 7.51. The molecule has 2 rings (SSSR count). The summed E-state index contributed by atoms with van der Waals surface area (Å²) in [5, 5.41) is 2.96. The Morgan fingerprint density at radius 2 is 1.96 bits per heavy atom. The maximum Gasteiger partial charge on any atom is 0.331 e. The number of ether oxygens (including phenoxy) is 1. The molecule has 5 heteroatoms. The second-order valence-corrected chi connectivity index (χ2v) is 6.84. The molecule has 0 aliphatic heterocycles. The maximum absolute atomic E-state index is 11.9. The van der Waals surface area contributed by atoms with Gasteiger partial charge in [0.25, 0.3) is 5.91 Å². The van der Waals surface area contributed by atoms with Gasteiger partial charge in [-0.25, -0.2) is 4.79 Å². The Morgan fingerprint density at radius 3 is 2.65 bits per heavy atom. The van der Waals surface area contributed by atoms with E-state index >= 15 is 0 Å². The summed E-state index contributed by atoms with van der Waals surface area (Å²) >= 11 is 3.35. The van der Waals surface area contributed by atoms with Crippen molar-refractivity contribution in [1.29, 1.82) is 0 Å². The van der Waals surface area contributed by atoms with Gasteiger partial charge in [-0.3, -0.25) is 4.79 Å². The summed E-state index contributed by atoms with van der Waals surface area (Å²) in [6.45, 7) is 1.92. The Hall–Kier alpha value is -1.62. The zero-order valence-corrected chi connectivity index (χ0v) is 14.8. The van der Waals surface area contributed by atoms with Gasteiger partial charge in [-0.1, -0.05) is 47.8 Å². The molecule has 23 heavy (non-hydrogen) atoms. The zero-order chi connectivity index (χ0) is 16.7. The molecular weight excluding hydrogens is 358 g/mol. The lowest BCUT2D eigenvalue weighted by molar-refractivity contribution is -0.144. The molecule has 1 N–H and O–H groups in total.